The van der Waals surface area contributed by atoms with Crippen molar-refractivity contribution in [2.24, 2.45) is 0 Å². The molecule has 104 valence electrons. The quantitative estimate of drug-likeness (QED) is 0.701. The van der Waals surface area contributed by atoms with Gasteiger partial charge in [-0.15, -0.1) is 0 Å². The van der Waals surface area contributed by atoms with Crippen LogP contribution in [-0.4, -0.2) is 36.2 Å². The van der Waals surface area contributed by atoms with Crippen LogP contribution in [0.4, 0.5) is 5.82 Å². The average molecular weight is 292 g/mol. The molecule has 0 radical (unpaired) electrons. The summed E-state index contributed by atoms with van der Waals surface area (Å²) >= 11 is 1.68. The van der Waals surface area contributed by atoms with Crippen LogP contribution in [0.1, 0.15) is 26.7 Å². The Balaban J connectivity index is 2.83. The van der Waals surface area contributed by atoms with Crippen molar-refractivity contribution in [1.82, 2.24) is 14.9 Å². The summed E-state index contributed by atoms with van der Waals surface area (Å²) in [6, 6.07) is 0. The number of hydrogen-bond acceptors (Lipinski definition) is 5. The Morgan fingerprint density at radius 2 is 2.11 bits per heavy atom. The summed E-state index contributed by atoms with van der Waals surface area (Å²) < 4.78 is 26.6. The molecule has 0 unspecified atom stereocenters. The van der Waals surface area contributed by atoms with Crippen LogP contribution in [0.2, 0.25) is 0 Å². The Kier molecular flexibility index (Phi) is 5.06. The van der Waals surface area contributed by atoms with Crippen molar-refractivity contribution in [3.8, 4) is 0 Å². The van der Waals surface area contributed by atoms with E-state index in [0.29, 0.717) is 6.54 Å². The molecule has 0 spiro atoms. The van der Waals surface area contributed by atoms with E-state index in [0.717, 1.165) is 12.8 Å². The summed E-state index contributed by atoms with van der Waals surface area (Å²) in [6.07, 6.45) is 5.01. The van der Waals surface area contributed by atoms with Crippen molar-refractivity contribution < 1.29 is 8.42 Å². The third-order valence-electron chi connectivity index (χ3n) is 3.23. The summed E-state index contributed by atoms with van der Waals surface area (Å²) in [5, 5.41) is 6.04. The number of aromatic amines is 1. The zero-order chi connectivity index (χ0) is 13.8. The van der Waals surface area contributed by atoms with Gasteiger partial charge in [0.25, 0.3) is 0 Å². The van der Waals surface area contributed by atoms with Crippen molar-refractivity contribution in [2.75, 3.05) is 18.5 Å². The van der Waals surface area contributed by atoms with Gasteiger partial charge in [0.15, 0.2) is 0 Å². The number of nitrogens with zero attached hydrogens (tertiary/aromatic N) is 1. The van der Waals surface area contributed by atoms with E-state index < -0.39 is 10.0 Å². The lowest BCUT2D eigenvalue weighted by Gasteiger charge is -2.29. The Labute approximate surface area is 112 Å². The standard InChI is InChI=1S/C10H20N4O2S2/c1-4-10(5-2,17-3)7-13-18(15,16)8-6-12-14-9(8)11/h6,13H,4-5,7H2,1-3H3,(H3,11,12,14). The van der Waals surface area contributed by atoms with Gasteiger partial charge in [0, 0.05) is 11.3 Å². The van der Waals surface area contributed by atoms with E-state index in [9.17, 15) is 8.42 Å². The maximum absolute atomic E-state index is 12.0. The first-order valence-corrected chi connectivity index (χ1v) is 8.45. The molecule has 0 bridgehead atoms. The zero-order valence-corrected chi connectivity index (χ0v) is 12.5. The van der Waals surface area contributed by atoms with Crippen LogP contribution in [0.5, 0.6) is 0 Å². The van der Waals surface area contributed by atoms with E-state index in [-0.39, 0.29) is 15.5 Å². The normalized spacial score (nSPS) is 12.8. The van der Waals surface area contributed by atoms with Gasteiger partial charge in [-0.3, -0.25) is 5.10 Å². The zero-order valence-electron chi connectivity index (χ0n) is 10.9. The van der Waals surface area contributed by atoms with E-state index in [1.54, 1.807) is 11.8 Å². The molecule has 1 aromatic rings. The first-order chi connectivity index (χ1) is 8.40. The van der Waals surface area contributed by atoms with E-state index in [1.807, 2.05) is 6.26 Å². The van der Waals surface area contributed by atoms with Crippen LogP contribution in [0, 0.1) is 0 Å². The summed E-state index contributed by atoms with van der Waals surface area (Å²) in [7, 11) is -3.59. The highest BCUT2D eigenvalue weighted by atomic mass is 32.2. The molecule has 1 rings (SSSR count). The molecule has 1 heterocycles. The Bertz CT molecular complexity index is 472. The molecule has 0 aliphatic heterocycles. The van der Waals surface area contributed by atoms with Gasteiger partial charge in [0.2, 0.25) is 10.0 Å². The number of thioether (sulfide) groups is 1. The van der Waals surface area contributed by atoms with Gasteiger partial charge in [-0.25, -0.2) is 13.1 Å². The molecule has 6 nitrogen and oxygen atoms in total. The lowest BCUT2D eigenvalue weighted by Crippen LogP contribution is -2.39. The minimum absolute atomic E-state index is 0.00436. The van der Waals surface area contributed by atoms with Gasteiger partial charge < -0.3 is 5.73 Å². The molecule has 0 aromatic carbocycles. The van der Waals surface area contributed by atoms with Gasteiger partial charge in [0.05, 0.1) is 6.20 Å². The SMILES string of the molecule is CCC(CC)(CNS(=O)(=O)c1cn[nH]c1N)SC. The third kappa shape index (κ3) is 3.18. The molecule has 0 aliphatic carbocycles. The first-order valence-electron chi connectivity index (χ1n) is 5.74. The van der Waals surface area contributed by atoms with Gasteiger partial charge in [-0.2, -0.15) is 16.9 Å². The molecule has 0 amide bonds. The van der Waals surface area contributed by atoms with Crippen LogP contribution in [0.15, 0.2) is 11.1 Å². The largest absolute Gasteiger partial charge is 0.383 e. The molecule has 0 atom stereocenters. The molecule has 0 fully saturated rings. The summed E-state index contributed by atoms with van der Waals surface area (Å²) in [5.74, 6) is 0.0604. The van der Waals surface area contributed by atoms with Crippen LogP contribution in [-0.2, 0) is 10.0 Å². The number of sulfonamides is 1. The van der Waals surface area contributed by atoms with Crippen molar-refractivity contribution in [3.05, 3.63) is 6.20 Å². The second-order valence-corrected chi connectivity index (χ2v) is 7.08. The molecule has 18 heavy (non-hydrogen) atoms. The van der Waals surface area contributed by atoms with Gasteiger partial charge >= 0.3 is 0 Å². The van der Waals surface area contributed by atoms with Crippen LogP contribution >= 0.6 is 11.8 Å². The fourth-order valence-electron chi connectivity index (χ4n) is 1.66. The van der Waals surface area contributed by atoms with Crippen molar-refractivity contribution >= 4 is 27.6 Å². The topological polar surface area (TPSA) is 101 Å². The summed E-state index contributed by atoms with van der Waals surface area (Å²) in [6.45, 7) is 4.50. The smallest absolute Gasteiger partial charge is 0.245 e. The Morgan fingerprint density at radius 1 is 1.50 bits per heavy atom. The maximum atomic E-state index is 12.0. The lowest BCUT2D eigenvalue weighted by molar-refractivity contribution is 0.522. The number of nitrogen functional groups attached to an aromatic ring is 1. The fourth-order valence-corrected chi connectivity index (χ4v) is 3.70. The molecule has 4 N–H and O–H groups in total. The van der Waals surface area contributed by atoms with Crippen LogP contribution in [0.3, 0.4) is 0 Å². The molecule has 0 saturated carbocycles. The molecule has 0 aliphatic rings. The lowest BCUT2D eigenvalue weighted by atomic mass is 10.0. The molecular formula is C10H20N4O2S2. The molecular weight excluding hydrogens is 272 g/mol. The molecule has 1 aromatic heterocycles. The monoisotopic (exact) mass is 292 g/mol. The Hall–Kier alpha value is -0.730. The van der Waals surface area contributed by atoms with Gasteiger partial charge in [-0.05, 0) is 19.1 Å². The summed E-state index contributed by atoms with van der Waals surface area (Å²) in [4.78, 5) is 0.00436. The van der Waals surface area contributed by atoms with Crippen molar-refractivity contribution in [1.29, 1.82) is 0 Å². The number of hydrogen-bond donors (Lipinski definition) is 3. The van der Waals surface area contributed by atoms with Gasteiger partial charge in [0.1, 0.15) is 10.7 Å². The highest BCUT2D eigenvalue weighted by molar-refractivity contribution is 8.00. The number of rotatable bonds is 7. The number of anilines is 1. The predicted molar refractivity (Wildman–Crippen MR) is 75.0 cm³/mol. The fraction of sp³-hybridized carbons (Fsp3) is 0.700. The van der Waals surface area contributed by atoms with Gasteiger partial charge in [-0.1, -0.05) is 13.8 Å². The minimum Gasteiger partial charge on any atom is -0.383 e. The Morgan fingerprint density at radius 3 is 2.50 bits per heavy atom. The first kappa shape index (κ1) is 15.3. The van der Waals surface area contributed by atoms with Crippen molar-refractivity contribution in [2.45, 2.75) is 36.3 Å². The predicted octanol–water partition coefficient (Wildman–Crippen LogP) is 1.19. The molecule has 8 heteroatoms. The van der Waals surface area contributed by atoms with Crippen LogP contribution in [0.25, 0.3) is 0 Å². The highest BCUT2D eigenvalue weighted by Crippen LogP contribution is 2.30. The van der Waals surface area contributed by atoms with Crippen molar-refractivity contribution in [3.63, 3.8) is 0 Å². The number of H-pyrrole nitrogens is 1. The van der Waals surface area contributed by atoms with E-state index in [1.165, 1.54) is 6.20 Å². The van der Waals surface area contributed by atoms with E-state index in [2.05, 4.69) is 28.8 Å². The van der Waals surface area contributed by atoms with E-state index in [4.69, 9.17) is 5.73 Å². The summed E-state index contributed by atoms with van der Waals surface area (Å²) in [5.41, 5.74) is 5.52. The highest BCUT2D eigenvalue weighted by Gasteiger charge is 2.28. The van der Waals surface area contributed by atoms with E-state index >= 15 is 0 Å². The molecule has 0 saturated heterocycles. The number of aromatic nitrogens is 2. The minimum atomic E-state index is -3.59. The number of nitrogens with two attached hydrogens (primary N) is 1. The van der Waals surface area contributed by atoms with Crippen LogP contribution < -0.4 is 10.5 Å². The maximum Gasteiger partial charge on any atom is 0.245 e. The third-order valence-corrected chi connectivity index (χ3v) is 6.24. The average Bonchev–Trinajstić information content (AvgIpc) is 2.79. The second-order valence-electron chi connectivity index (χ2n) is 4.07. The number of nitrogens with one attached hydrogen (secondary N) is 2. The second kappa shape index (κ2) is 5.94.